The molecule has 0 spiro atoms. The van der Waals surface area contributed by atoms with Crippen molar-refractivity contribution in [3.05, 3.63) is 131 Å². The summed E-state index contributed by atoms with van der Waals surface area (Å²) in [5.74, 6) is -0.982. The highest BCUT2D eigenvalue weighted by Gasteiger charge is 2.28. The molecule has 4 aromatic rings. The van der Waals surface area contributed by atoms with Gasteiger partial charge in [0.15, 0.2) is 0 Å². The molecule has 8 heteroatoms. The largest absolute Gasteiger partial charge is 0.366 e. The minimum atomic E-state index is -0.580. The summed E-state index contributed by atoms with van der Waals surface area (Å²) < 4.78 is 0. The van der Waals surface area contributed by atoms with Crippen LogP contribution in [0.5, 0.6) is 0 Å². The second-order valence-corrected chi connectivity index (χ2v) is 11.1. The topological polar surface area (TPSA) is 124 Å². The van der Waals surface area contributed by atoms with Gasteiger partial charge in [0, 0.05) is 11.3 Å². The van der Waals surface area contributed by atoms with Gasteiger partial charge >= 0.3 is 6.03 Å². The summed E-state index contributed by atoms with van der Waals surface area (Å²) >= 11 is 0. The lowest BCUT2D eigenvalue weighted by Crippen LogP contribution is -2.42. The Bertz CT molecular complexity index is 1760. The van der Waals surface area contributed by atoms with Crippen LogP contribution in [0, 0.1) is 5.53 Å². The lowest BCUT2D eigenvalue weighted by molar-refractivity contribution is 0.100. The number of guanidine groups is 1. The van der Waals surface area contributed by atoms with E-state index < -0.39 is 11.9 Å². The lowest BCUT2D eigenvalue weighted by atomic mass is 9.82. The Hall–Kier alpha value is -5.37. The van der Waals surface area contributed by atoms with E-state index in [9.17, 15) is 9.59 Å². The molecule has 0 saturated carbocycles. The second-order valence-electron chi connectivity index (χ2n) is 11.1. The molecule has 0 fully saturated rings. The summed E-state index contributed by atoms with van der Waals surface area (Å²) in [6, 6.07) is 31.3. The molecule has 3 amide bonds. The number of urea groups is 1. The predicted octanol–water partition coefficient (Wildman–Crippen LogP) is 7.81. The monoisotopic (exact) mass is 582 g/mol. The Labute approximate surface area is 256 Å². The van der Waals surface area contributed by atoms with E-state index in [4.69, 9.17) is 11.3 Å². The Balaban J connectivity index is 1.29. The number of carbonyl (C=O) groups excluding carboxylic acids is 2. The minimum Gasteiger partial charge on any atom is -0.366 e. The number of hydrogen-bond acceptors (Lipinski definition) is 3. The van der Waals surface area contributed by atoms with E-state index in [-0.39, 0.29) is 12.1 Å². The fraction of sp³-hybridized carbons (Fsp3) is 0.194. The van der Waals surface area contributed by atoms with Gasteiger partial charge in [-0.05, 0) is 95.3 Å². The zero-order chi connectivity index (χ0) is 30.5. The van der Waals surface area contributed by atoms with Gasteiger partial charge in [-0.3, -0.25) is 9.69 Å². The molecule has 4 N–H and O–H groups in total. The van der Waals surface area contributed by atoms with Crippen molar-refractivity contribution >= 4 is 29.2 Å². The van der Waals surface area contributed by atoms with Crippen LogP contribution < -0.4 is 16.0 Å². The maximum Gasteiger partial charge on any atom is 0.322 e. The molecule has 6 rings (SSSR count). The van der Waals surface area contributed by atoms with E-state index in [0.29, 0.717) is 18.5 Å². The van der Waals surface area contributed by atoms with Crippen molar-refractivity contribution in [3.63, 3.8) is 0 Å². The average Bonchev–Trinajstić information content (AvgIpc) is 3.08. The molecule has 44 heavy (non-hydrogen) atoms. The Morgan fingerprint density at radius 1 is 0.886 bits per heavy atom. The quantitative estimate of drug-likeness (QED) is 0.122. The Morgan fingerprint density at radius 2 is 1.61 bits per heavy atom. The van der Waals surface area contributed by atoms with E-state index in [1.807, 2.05) is 36.4 Å². The first-order valence-corrected chi connectivity index (χ1v) is 14.9. The Kier molecular flexibility index (Phi) is 8.41. The highest BCUT2D eigenvalue weighted by Crippen LogP contribution is 2.38. The van der Waals surface area contributed by atoms with E-state index in [1.165, 1.54) is 35.1 Å². The van der Waals surface area contributed by atoms with Crippen LogP contribution in [0.25, 0.3) is 16.7 Å². The molecular weight excluding hydrogens is 548 g/mol. The standard InChI is InChI=1S/C36H34N6O2/c37-35(41-38)40-34(43)27-16-14-24(15-17-27)23-42(29-20-18-26(19-21-29)25-8-2-1-3-9-25)36(44)39-33-22-28-10-4-5-11-30(28)31-12-6-7-13-32(31)33/h4-8,10-21,33,38H,1-3,9,22-23H2,(H,39,44)(H2,37,40,43). The SMILES string of the molecule is N=NC(N)=NC(=O)c1ccc(CN(C(=O)NC2Cc3ccccc3-c3ccccc32)c2ccc(C3=CCCCC3)cc2)cc1. The molecule has 0 aliphatic heterocycles. The molecule has 1 unspecified atom stereocenters. The number of aliphatic imine (C=N–C) groups is 1. The predicted molar refractivity (Wildman–Crippen MR) is 173 cm³/mol. The number of benzene rings is 4. The van der Waals surface area contributed by atoms with Crippen LogP contribution in [0.2, 0.25) is 0 Å². The Morgan fingerprint density at radius 3 is 2.34 bits per heavy atom. The number of hydrogen-bond donors (Lipinski definition) is 3. The summed E-state index contributed by atoms with van der Waals surface area (Å²) in [6.45, 7) is 0.292. The molecule has 0 radical (unpaired) electrons. The summed E-state index contributed by atoms with van der Waals surface area (Å²) in [6.07, 6.45) is 7.62. The number of anilines is 1. The first-order chi connectivity index (χ1) is 21.5. The van der Waals surface area contributed by atoms with Crippen molar-refractivity contribution in [2.45, 2.75) is 44.7 Å². The van der Waals surface area contributed by atoms with Crippen molar-refractivity contribution in [2.24, 2.45) is 15.8 Å². The van der Waals surface area contributed by atoms with Crippen molar-refractivity contribution in [1.29, 1.82) is 5.53 Å². The van der Waals surface area contributed by atoms with Gasteiger partial charge < -0.3 is 11.1 Å². The molecule has 0 heterocycles. The van der Waals surface area contributed by atoms with Crippen molar-refractivity contribution in [2.75, 3.05) is 4.90 Å². The summed E-state index contributed by atoms with van der Waals surface area (Å²) in [5, 5.41) is 6.31. The van der Waals surface area contributed by atoms with Crippen molar-refractivity contribution < 1.29 is 9.59 Å². The van der Waals surface area contributed by atoms with E-state index in [0.717, 1.165) is 35.2 Å². The van der Waals surface area contributed by atoms with E-state index >= 15 is 0 Å². The molecule has 0 aromatic heterocycles. The summed E-state index contributed by atoms with van der Waals surface area (Å²) in [7, 11) is 0. The number of nitrogens with one attached hydrogen (secondary N) is 2. The second kappa shape index (κ2) is 12.9. The number of allylic oxidation sites excluding steroid dienone is 2. The van der Waals surface area contributed by atoms with Gasteiger partial charge in [0.2, 0.25) is 5.96 Å². The molecule has 2 aliphatic carbocycles. The van der Waals surface area contributed by atoms with Crippen molar-refractivity contribution in [1.82, 2.24) is 5.32 Å². The first-order valence-electron chi connectivity index (χ1n) is 14.9. The van der Waals surface area contributed by atoms with Crippen LogP contribution in [-0.2, 0) is 13.0 Å². The fourth-order valence-electron chi connectivity index (χ4n) is 6.06. The van der Waals surface area contributed by atoms with Gasteiger partial charge in [-0.25, -0.2) is 10.3 Å². The van der Waals surface area contributed by atoms with Gasteiger partial charge in [-0.1, -0.05) is 78.9 Å². The van der Waals surface area contributed by atoms with E-state index in [2.05, 4.69) is 57.9 Å². The third kappa shape index (κ3) is 6.20. The molecule has 0 bridgehead atoms. The van der Waals surface area contributed by atoms with Gasteiger partial charge in [-0.2, -0.15) is 4.99 Å². The number of rotatable bonds is 6. The maximum absolute atomic E-state index is 14.1. The van der Waals surface area contributed by atoms with Gasteiger partial charge in [0.25, 0.3) is 5.91 Å². The molecule has 4 aromatic carbocycles. The molecule has 0 saturated heterocycles. The third-order valence-corrected chi connectivity index (χ3v) is 8.32. The molecule has 8 nitrogen and oxygen atoms in total. The van der Waals surface area contributed by atoms with Crippen LogP contribution in [-0.4, -0.2) is 17.9 Å². The van der Waals surface area contributed by atoms with Crippen LogP contribution in [0.4, 0.5) is 10.5 Å². The zero-order valence-electron chi connectivity index (χ0n) is 24.4. The summed E-state index contributed by atoms with van der Waals surface area (Å²) in [4.78, 5) is 31.8. The van der Waals surface area contributed by atoms with Crippen LogP contribution in [0.3, 0.4) is 0 Å². The fourth-order valence-corrected chi connectivity index (χ4v) is 6.06. The van der Waals surface area contributed by atoms with Crippen LogP contribution >= 0.6 is 0 Å². The number of carbonyl (C=O) groups is 2. The van der Waals surface area contributed by atoms with Crippen LogP contribution in [0.1, 0.15) is 64.3 Å². The lowest BCUT2D eigenvalue weighted by Gasteiger charge is -2.31. The number of nitrogens with zero attached hydrogens (tertiary/aromatic N) is 3. The number of amides is 3. The van der Waals surface area contributed by atoms with E-state index in [1.54, 1.807) is 29.2 Å². The van der Waals surface area contributed by atoms with Gasteiger partial charge in [0.1, 0.15) is 0 Å². The van der Waals surface area contributed by atoms with Gasteiger partial charge in [-0.15, -0.1) is 5.11 Å². The number of fused-ring (bicyclic) bond motifs is 3. The molecule has 220 valence electrons. The summed E-state index contributed by atoms with van der Waals surface area (Å²) in [5.41, 5.74) is 21.5. The van der Waals surface area contributed by atoms with Crippen molar-refractivity contribution in [3.8, 4) is 11.1 Å². The smallest absolute Gasteiger partial charge is 0.322 e. The molecule has 1 atom stereocenters. The minimum absolute atomic E-state index is 0.187. The first kappa shape index (κ1) is 28.7. The highest BCUT2D eigenvalue weighted by molar-refractivity contribution is 6.02. The van der Waals surface area contributed by atoms with Gasteiger partial charge in [0.05, 0.1) is 12.6 Å². The normalized spacial score (nSPS) is 15.8. The number of nitrogens with two attached hydrogens (primary N) is 1. The maximum atomic E-state index is 14.1. The molecule has 2 aliphatic rings. The average molecular weight is 583 g/mol. The molecular formula is C36H34N6O2. The zero-order valence-corrected chi connectivity index (χ0v) is 24.4. The third-order valence-electron chi connectivity index (χ3n) is 8.32. The van der Waals surface area contributed by atoms with Crippen LogP contribution in [0.15, 0.2) is 113 Å². The highest BCUT2D eigenvalue weighted by atomic mass is 16.2.